The lowest BCUT2D eigenvalue weighted by atomic mass is 9.96. The van der Waals surface area contributed by atoms with Crippen LogP contribution >= 0.6 is 0 Å². The normalized spacial score (nSPS) is 10.8. The van der Waals surface area contributed by atoms with Gasteiger partial charge in [-0.25, -0.2) is 0 Å². The summed E-state index contributed by atoms with van der Waals surface area (Å²) in [5, 5.41) is 8.04. The molecule has 0 fully saturated rings. The van der Waals surface area contributed by atoms with Crippen LogP contribution < -0.4 is 0 Å². The van der Waals surface area contributed by atoms with Crippen molar-refractivity contribution >= 4 is 5.91 Å². The van der Waals surface area contributed by atoms with Gasteiger partial charge < -0.3 is 9.32 Å². The zero-order valence-electron chi connectivity index (χ0n) is 18.6. The van der Waals surface area contributed by atoms with Gasteiger partial charge in [-0.1, -0.05) is 30.3 Å². The molecule has 0 atom stereocenters. The number of carbonyl (C=O) groups excluding carboxylic acids is 1. The zero-order valence-corrected chi connectivity index (χ0v) is 18.6. The van der Waals surface area contributed by atoms with Crippen molar-refractivity contribution in [2.24, 2.45) is 0 Å². The summed E-state index contributed by atoms with van der Waals surface area (Å²) < 4.78 is 5.57. The Kier molecular flexibility index (Phi) is 6.40. The van der Waals surface area contributed by atoms with Gasteiger partial charge in [0.1, 0.15) is 0 Å². The van der Waals surface area contributed by atoms with Crippen LogP contribution in [0.15, 0.2) is 71.4 Å². The minimum absolute atomic E-state index is 0.113. The highest BCUT2D eigenvalue weighted by molar-refractivity contribution is 5.79. The Bertz CT molecular complexity index is 1200. The molecule has 1 amide bonds. The number of hydrogen-bond donors (Lipinski definition) is 0. The van der Waals surface area contributed by atoms with Crippen LogP contribution in [0.2, 0.25) is 0 Å². The number of likely N-dealkylation sites (N-methyl/N-ethyl adjacent to an activating group) is 1. The first-order valence-corrected chi connectivity index (χ1v) is 10.7. The van der Waals surface area contributed by atoms with E-state index in [0.29, 0.717) is 31.3 Å². The third kappa shape index (κ3) is 4.91. The van der Waals surface area contributed by atoms with Gasteiger partial charge in [0.25, 0.3) is 0 Å². The monoisotopic (exact) mass is 426 g/mol. The number of aromatic nitrogens is 3. The lowest BCUT2D eigenvalue weighted by Gasteiger charge is -2.21. The molecule has 6 nitrogen and oxygen atoms in total. The van der Waals surface area contributed by atoms with Crippen LogP contribution in [-0.2, 0) is 17.8 Å². The summed E-state index contributed by atoms with van der Waals surface area (Å²) in [6.45, 7) is 7.12. The van der Waals surface area contributed by atoms with Gasteiger partial charge in [0, 0.05) is 38.0 Å². The van der Waals surface area contributed by atoms with Crippen LogP contribution in [-0.4, -0.2) is 32.5 Å². The fraction of sp³-hybridized carbons (Fsp3) is 0.231. The summed E-state index contributed by atoms with van der Waals surface area (Å²) in [5.41, 5.74) is 6.30. The SMILES string of the molecule is CCN(Cc1ccncc1)C(=O)Cc1ccc(-c2cc(-c3nnc(C)o3)ccc2C)cc1. The molecular weight excluding hydrogens is 400 g/mol. The molecule has 2 aromatic heterocycles. The van der Waals surface area contributed by atoms with Crippen molar-refractivity contribution in [3.8, 4) is 22.6 Å². The van der Waals surface area contributed by atoms with E-state index in [9.17, 15) is 4.79 Å². The van der Waals surface area contributed by atoms with Crippen molar-refractivity contribution in [1.82, 2.24) is 20.1 Å². The number of rotatable bonds is 7. The average Bonchev–Trinajstić information content (AvgIpc) is 3.25. The van der Waals surface area contributed by atoms with Crippen LogP contribution in [0.3, 0.4) is 0 Å². The summed E-state index contributed by atoms with van der Waals surface area (Å²) in [7, 11) is 0. The van der Waals surface area contributed by atoms with E-state index in [0.717, 1.165) is 33.4 Å². The largest absolute Gasteiger partial charge is 0.421 e. The highest BCUT2D eigenvalue weighted by Gasteiger charge is 2.14. The second-order valence-corrected chi connectivity index (χ2v) is 7.79. The summed E-state index contributed by atoms with van der Waals surface area (Å²) >= 11 is 0. The molecular formula is C26H26N4O2. The Labute approximate surface area is 188 Å². The molecule has 4 aromatic rings. The van der Waals surface area contributed by atoms with Gasteiger partial charge in [-0.15, -0.1) is 10.2 Å². The summed E-state index contributed by atoms with van der Waals surface area (Å²) in [6.07, 6.45) is 3.88. The molecule has 0 aliphatic heterocycles. The van der Waals surface area contributed by atoms with E-state index in [4.69, 9.17) is 4.42 Å². The highest BCUT2D eigenvalue weighted by atomic mass is 16.4. The standard InChI is InChI=1S/C26H26N4O2/c1-4-30(17-21-11-13-27-14-12-21)25(31)15-20-6-9-22(10-7-20)24-16-23(8-5-18(24)2)26-29-28-19(3)32-26/h5-14,16H,4,15,17H2,1-3H3. The van der Waals surface area contributed by atoms with Crippen molar-refractivity contribution in [2.75, 3.05) is 6.54 Å². The van der Waals surface area contributed by atoms with Gasteiger partial charge in [-0.3, -0.25) is 9.78 Å². The van der Waals surface area contributed by atoms with Gasteiger partial charge in [0.15, 0.2) is 0 Å². The molecule has 2 heterocycles. The quantitative estimate of drug-likeness (QED) is 0.415. The van der Waals surface area contributed by atoms with E-state index in [2.05, 4.69) is 46.4 Å². The number of amides is 1. The molecule has 0 N–H and O–H groups in total. The van der Waals surface area contributed by atoms with Gasteiger partial charge >= 0.3 is 0 Å². The molecule has 0 spiro atoms. The zero-order chi connectivity index (χ0) is 22.5. The maximum atomic E-state index is 12.8. The molecule has 0 aliphatic rings. The number of aryl methyl sites for hydroxylation is 2. The Balaban J connectivity index is 1.49. The third-order valence-corrected chi connectivity index (χ3v) is 5.49. The van der Waals surface area contributed by atoms with Gasteiger partial charge in [0.05, 0.1) is 6.42 Å². The fourth-order valence-corrected chi connectivity index (χ4v) is 3.65. The van der Waals surface area contributed by atoms with E-state index >= 15 is 0 Å². The Morgan fingerprint density at radius 3 is 2.28 bits per heavy atom. The van der Waals surface area contributed by atoms with Gasteiger partial charge in [0.2, 0.25) is 17.7 Å². The lowest BCUT2D eigenvalue weighted by molar-refractivity contribution is -0.130. The fourth-order valence-electron chi connectivity index (χ4n) is 3.65. The number of carbonyl (C=O) groups is 1. The average molecular weight is 427 g/mol. The Hall–Kier alpha value is -3.80. The number of benzene rings is 2. The first-order chi connectivity index (χ1) is 15.5. The van der Waals surface area contributed by atoms with Crippen LogP contribution in [0.4, 0.5) is 0 Å². The molecule has 0 aliphatic carbocycles. The van der Waals surface area contributed by atoms with Gasteiger partial charge in [-0.05, 0) is 65.9 Å². The maximum Gasteiger partial charge on any atom is 0.247 e. The number of nitrogens with zero attached hydrogens (tertiary/aromatic N) is 4. The Morgan fingerprint density at radius 1 is 0.906 bits per heavy atom. The molecule has 162 valence electrons. The summed E-state index contributed by atoms with van der Waals surface area (Å²) in [5.74, 6) is 1.17. The predicted octanol–water partition coefficient (Wildman–Crippen LogP) is 5.01. The molecule has 0 unspecified atom stereocenters. The second-order valence-electron chi connectivity index (χ2n) is 7.79. The van der Waals surface area contributed by atoms with Crippen molar-refractivity contribution in [3.05, 3.63) is 89.6 Å². The van der Waals surface area contributed by atoms with Crippen molar-refractivity contribution < 1.29 is 9.21 Å². The first kappa shape index (κ1) is 21.4. The van der Waals surface area contributed by atoms with E-state index in [1.807, 2.05) is 42.2 Å². The third-order valence-electron chi connectivity index (χ3n) is 5.49. The van der Waals surface area contributed by atoms with Crippen molar-refractivity contribution in [3.63, 3.8) is 0 Å². The van der Waals surface area contributed by atoms with Crippen LogP contribution in [0.1, 0.15) is 29.5 Å². The van der Waals surface area contributed by atoms with E-state index in [1.54, 1.807) is 19.3 Å². The molecule has 0 saturated heterocycles. The number of hydrogen-bond acceptors (Lipinski definition) is 5. The molecule has 4 rings (SSSR count). The van der Waals surface area contributed by atoms with Crippen molar-refractivity contribution in [2.45, 2.75) is 33.7 Å². The van der Waals surface area contributed by atoms with E-state index < -0.39 is 0 Å². The van der Waals surface area contributed by atoms with Crippen LogP contribution in [0.25, 0.3) is 22.6 Å². The molecule has 0 bridgehead atoms. The van der Waals surface area contributed by atoms with Crippen molar-refractivity contribution in [1.29, 1.82) is 0 Å². The number of pyridine rings is 1. The minimum atomic E-state index is 0.113. The highest BCUT2D eigenvalue weighted by Crippen LogP contribution is 2.29. The maximum absolute atomic E-state index is 12.8. The van der Waals surface area contributed by atoms with E-state index in [-0.39, 0.29) is 5.91 Å². The molecule has 2 aromatic carbocycles. The smallest absolute Gasteiger partial charge is 0.247 e. The lowest BCUT2D eigenvalue weighted by Crippen LogP contribution is -2.31. The first-order valence-electron chi connectivity index (χ1n) is 10.7. The van der Waals surface area contributed by atoms with E-state index in [1.165, 1.54) is 0 Å². The Morgan fingerprint density at radius 2 is 1.62 bits per heavy atom. The minimum Gasteiger partial charge on any atom is -0.421 e. The molecule has 32 heavy (non-hydrogen) atoms. The van der Waals surface area contributed by atoms with Crippen LogP contribution in [0, 0.1) is 13.8 Å². The second kappa shape index (κ2) is 9.56. The van der Waals surface area contributed by atoms with Gasteiger partial charge in [-0.2, -0.15) is 0 Å². The topological polar surface area (TPSA) is 72.1 Å². The van der Waals surface area contributed by atoms with Crippen LogP contribution in [0.5, 0.6) is 0 Å². The molecule has 0 saturated carbocycles. The summed E-state index contributed by atoms with van der Waals surface area (Å²) in [4.78, 5) is 18.8. The summed E-state index contributed by atoms with van der Waals surface area (Å²) in [6, 6.07) is 18.2. The predicted molar refractivity (Wildman–Crippen MR) is 124 cm³/mol. The molecule has 6 heteroatoms. The molecule has 0 radical (unpaired) electrons.